The van der Waals surface area contributed by atoms with Crippen LogP contribution in [0.4, 0.5) is 0 Å². The molecule has 0 fully saturated rings. The van der Waals surface area contributed by atoms with Crippen molar-refractivity contribution in [1.29, 1.82) is 0 Å². The molecule has 0 saturated heterocycles. The molecule has 0 heterocycles. The lowest BCUT2D eigenvalue weighted by atomic mass is 10.3. The summed E-state index contributed by atoms with van der Waals surface area (Å²) in [5.74, 6) is 0.168. The highest BCUT2D eigenvalue weighted by molar-refractivity contribution is 5.80. The second-order valence-corrected chi connectivity index (χ2v) is 4.54. The summed E-state index contributed by atoms with van der Waals surface area (Å²) in [7, 11) is 1.92. The van der Waals surface area contributed by atoms with Crippen LogP contribution in [0.2, 0.25) is 0 Å². The quantitative estimate of drug-likeness (QED) is 0.727. The van der Waals surface area contributed by atoms with Crippen LogP contribution in [0.25, 0.3) is 0 Å². The van der Waals surface area contributed by atoms with Gasteiger partial charge in [0.2, 0.25) is 5.91 Å². The van der Waals surface area contributed by atoms with E-state index in [4.69, 9.17) is 5.11 Å². The molecule has 0 unspecified atom stereocenters. The highest BCUT2D eigenvalue weighted by atomic mass is 16.3. The van der Waals surface area contributed by atoms with Crippen LogP contribution in [-0.4, -0.2) is 54.1 Å². The average molecular weight is 240 g/mol. The molecule has 4 nitrogen and oxygen atoms in total. The highest BCUT2D eigenvalue weighted by Gasteiger charge is 2.19. The summed E-state index contributed by atoms with van der Waals surface area (Å²) < 4.78 is 0. The smallest absolute Gasteiger partial charge is 0.240 e. The number of hydrogen-bond donors (Lipinski definition) is 1. The van der Waals surface area contributed by atoms with E-state index in [2.05, 4.69) is 6.08 Å². The van der Waals surface area contributed by atoms with Gasteiger partial charge in [-0.3, -0.25) is 9.69 Å². The van der Waals surface area contributed by atoms with E-state index in [-0.39, 0.29) is 12.5 Å². The maximum Gasteiger partial charge on any atom is 0.240 e. The molecule has 0 aromatic heterocycles. The fourth-order valence-corrected chi connectivity index (χ4v) is 2.17. The fourth-order valence-electron chi connectivity index (χ4n) is 2.17. The van der Waals surface area contributed by atoms with Gasteiger partial charge >= 0.3 is 0 Å². The topological polar surface area (TPSA) is 43.8 Å². The van der Waals surface area contributed by atoms with Gasteiger partial charge < -0.3 is 10.0 Å². The van der Waals surface area contributed by atoms with E-state index < -0.39 is 0 Å². The van der Waals surface area contributed by atoms with Gasteiger partial charge in [-0.2, -0.15) is 0 Å². The SMILES string of the molecule is CCN(C(=O)CN(C)CCCO)C1=CCCC1. The Balaban J connectivity index is 2.43. The predicted molar refractivity (Wildman–Crippen MR) is 68.5 cm³/mol. The number of likely N-dealkylation sites (N-methyl/N-ethyl adjacent to an activating group) is 2. The molecule has 98 valence electrons. The third-order valence-electron chi connectivity index (χ3n) is 3.08. The average Bonchev–Trinajstić information content (AvgIpc) is 2.81. The lowest BCUT2D eigenvalue weighted by Gasteiger charge is -2.25. The molecule has 1 aliphatic rings. The largest absolute Gasteiger partial charge is 0.396 e. The third kappa shape index (κ3) is 4.48. The van der Waals surface area contributed by atoms with Crippen LogP contribution in [0.15, 0.2) is 11.8 Å². The van der Waals surface area contributed by atoms with Crippen LogP contribution in [-0.2, 0) is 4.79 Å². The van der Waals surface area contributed by atoms with Crippen molar-refractivity contribution in [1.82, 2.24) is 9.80 Å². The number of aliphatic hydroxyl groups excluding tert-OH is 1. The Hall–Kier alpha value is -0.870. The van der Waals surface area contributed by atoms with E-state index in [1.165, 1.54) is 12.1 Å². The van der Waals surface area contributed by atoms with E-state index in [9.17, 15) is 4.79 Å². The summed E-state index contributed by atoms with van der Waals surface area (Å²) in [4.78, 5) is 16.0. The number of carbonyl (C=O) groups is 1. The van der Waals surface area contributed by atoms with E-state index in [1.807, 2.05) is 23.8 Å². The molecule has 4 heteroatoms. The summed E-state index contributed by atoms with van der Waals surface area (Å²) in [6.07, 6.45) is 6.19. The van der Waals surface area contributed by atoms with Crippen LogP contribution in [0.3, 0.4) is 0 Å². The number of hydrogen-bond acceptors (Lipinski definition) is 3. The van der Waals surface area contributed by atoms with Gasteiger partial charge in [-0.15, -0.1) is 0 Å². The van der Waals surface area contributed by atoms with Gasteiger partial charge in [0.15, 0.2) is 0 Å². The number of carbonyl (C=O) groups excluding carboxylic acids is 1. The van der Waals surface area contributed by atoms with Gasteiger partial charge in [0.1, 0.15) is 0 Å². The Kier molecular flexibility index (Phi) is 6.22. The van der Waals surface area contributed by atoms with Crippen molar-refractivity contribution >= 4 is 5.91 Å². The van der Waals surface area contributed by atoms with Gasteiger partial charge in [0.25, 0.3) is 0 Å². The summed E-state index contributed by atoms with van der Waals surface area (Å²) in [5, 5.41) is 8.75. The van der Waals surface area contributed by atoms with Crippen molar-refractivity contribution in [2.75, 3.05) is 33.3 Å². The Morgan fingerprint density at radius 3 is 2.82 bits per heavy atom. The second kappa shape index (κ2) is 7.45. The highest BCUT2D eigenvalue weighted by Crippen LogP contribution is 2.21. The van der Waals surface area contributed by atoms with Crippen LogP contribution >= 0.6 is 0 Å². The predicted octanol–water partition coefficient (Wildman–Crippen LogP) is 1.22. The molecule has 0 radical (unpaired) electrons. The molecular weight excluding hydrogens is 216 g/mol. The van der Waals surface area contributed by atoms with E-state index >= 15 is 0 Å². The van der Waals surface area contributed by atoms with Crippen molar-refractivity contribution in [2.24, 2.45) is 0 Å². The van der Waals surface area contributed by atoms with Crippen LogP contribution < -0.4 is 0 Å². The molecule has 0 aromatic carbocycles. The molecule has 1 amide bonds. The Bertz CT molecular complexity index is 277. The first-order valence-corrected chi connectivity index (χ1v) is 6.47. The van der Waals surface area contributed by atoms with Gasteiger partial charge in [-0.1, -0.05) is 6.08 Å². The zero-order valence-electron chi connectivity index (χ0n) is 11.0. The summed E-state index contributed by atoms with van der Waals surface area (Å²) >= 11 is 0. The minimum absolute atomic E-state index is 0.168. The van der Waals surface area contributed by atoms with Crippen LogP contribution in [0, 0.1) is 0 Å². The summed E-state index contributed by atoms with van der Waals surface area (Å²) in [6, 6.07) is 0. The van der Waals surface area contributed by atoms with Crippen molar-refractivity contribution in [3.63, 3.8) is 0 Å². The normalized spacial score (nSPS) is 15.2. The fraction of sp³-hybridized carbons (Fsp3) is 0.769. The van der Waals surface area contributed by atoms with Gasteiger partial charge in [-0.25, -0.2) is 0 Å². The second-order valence-electron chi connectivity index (χ2n) is 4.54. The zero-order chi connectivity index (χ0) is 12.7. The van der Waals surface area contributed by atoms with Crippen molar-refractivity contribution in [2.45, 2.75) is 32.6 Å². The molecule has 1 aliphatic carbocycles. The van der Waals surface area contributed by atoms with E-state index in [0.717, 1.165) is 32.4 Å². The van der Waals surface area contributed by atoms with Crippen molar-refractivity contribution < 1.29 is 9.90 Å². The molecule has 17 heavy (non-hydrogen) atoms. The molecule has 0 aliphatic heterocycles. The first-order chi connectivity index (χ1) is 8.19. The molecule has 0 spiro atoms. The Morgan fingerprint density at radius 1 is 1.53 bits per heavy atom. The molecule has 0 saturated carbocycles. The Morgan fingerprint density at radius 2 is 2.29 bits per heavy atom. The number of allylic oxidation sites excluding steroid dienone is 2. The van der Waals surface area contributed by atoms with Crippen molar-refractivity contribution in [3.05, 3.63) is 11.8 Å². The summed E-state index contributed by atoms with van der Waals surface area (Å²) in [5.41, 5.74) is 1.19. The van der Waals surface area contributed by atoms with Crippen molar-refractivity contribution in [3.8, 4) is 0 Å². The molecular formula is C13H24N2O2. The zero-order valence-corrected chi connectivity index (χ0v) is 11.0. The molecule has 0 atom stereocenters. The maximum absolute atomic E-state index is 12.1. The van der Waals surface area contributed by atoms with E-state index in [1.54, 1.807) is 0 Å². The minimum atomic E-state index is 0.168. The maximum atomic E-state index is 12.1. The molecule has 1 N–H and O–H groups in total. The molecule has 0 aromatic rings. The summed E-state index contributed by atoms with van der Waals surface area (Å²) in [6.45, 7) is 4.15. The van der Waals surface area contributed by atoms with E-state index in [0.29, 0.717) is 6.54 Å². The lowest BCUT2D eigenvalue weighted by molar-refractivity contribution is -0.130. The van der Waals surface area contributed by atoms with Gasteiger partial charge in [0.05, 0.1) is 6.54 Å². The first-order valence-electron chi connectivity index (χ1n) is 6.47. The monoisotopic (exact) mass is 240 g/mol. The number of rotatable bonds is 7. The van der Waals surface area contributed by atoms with Crippen LogP contribution in [0.1, 0.15) is 32.6 Å². The van der Waals surface area contributed by atoms with Crippen LogP contribution in [0.5, 0.6) is 0 Å². The standard InChI is InChI=1S/C13H24N2O2/c1-3-15(12-7-4-5-8-12)13(17)11-14(2)9-6-10-16/h7,16H,3-6,8-11H2,1-2H3. The number of amides is 1. The minimum Gasteiger partial charge on any atom is -0.396 e. The number of nitrogens with zero attached hydrogens (tertiary/aromatic N) is 2. The first kappa shape index (κ1) is 14.2. The third-order valence-corrected chi connectivity index (χ3v) is 3.08. The number of aliphatic hydroxyl groups is 1. The van der Waals surface area contributed by atoms with Gasteiger partial charge in [-0.05, 0) is 39.7 Å². The lowest BCUT2D eigenvalue weighted by Crippen LogP contribution is -2.38. The molecule has 1 rings (SSSR count). The molecule has 0 bridgehead atoms. The Labute approximate surface area is 104 Å². The van der Waals surface area contributed by atoms with Gasteiger partial charge in [0, 0.05) is 25.4 Å².